The molecule has 2 rings (SSSR count). The van der Waals surface area contributed by atoms with E-state index in [2.05, 4.69) is 15.6 Å². The SMILES string of the molecule is CC(NC(N)=NCCCC(=O)NC1CC1)c1ccc(Cl)cc1Cl.I. The second kappa shape index (κ2) is 10.3. The molecule has 1 unspecified atom stereocenters. The fraction of sp³-hybridized carbons (Fsp3) is 0.500. The largest absolute Gasteiger partial charge is 0.370 e. The predicted molar refractivity (Wildman–Crippen MR) is 110 cm³/mol. The van der Waals surface area contributed by atoms with Gasteiger partial charge in [-0.3, -0.25) is 9.79 Å². The minimum absolute atomic E-state index is 0. The molecule has 1 saturated carbocycles. The summed E-state index contributed by atoms with van der Waals surface area (Å²) in [7, 11) is 0. The first kappa shape index (κ1) is 21.3. The number of nitrogens with two attached hydrogens (primary N) is 1. The summed E-state index contributed by atoms with van der Waals surface area (Å²) in [6.07, 6.45) is 3.36. The number of halogens is 3. The number of guanidine groups is 1. The van der Waals surface area contributed by atoms with E-state index >= 15 is 0 Å². The fourth-order valence-corrected chi connectivity index (χ4v) is 2.74. The number of amides is 1. The maximum atomic E-state index is 11.5. The van der Waals surface area contributed by atoms with Crippen LogP contribution in [0.5, 0.6) is 0 Å². The average Bonchev–Trinajstić information content (AvgIpc) is 3.27. The van der Waals surface area contributed by atoms with Crippen LogP contribution in [-0.2, 0) is 4.79 Å². The number of rotatable bonds is 7. The summed E-state index contributed by atoms with van der Waals surface area (Å²) in [4.78, 5) is 15.8. The maximum Gasteiger partial charge on any atom is 0.220 e. The molecule has 1 atom stereocenters. The van der Waals surface area contributed by atoms with Crippen LogP contribution in [0.4, 0.5) is 0 Å². The molecule has 0 bridgehead atoms. The van der Waals surface area contributed by atoms with Crippen molar-refractivity contribution < 1.29 is 4.79 Å². The lowest BCUT2D eigenvalue weighted by Gasteiger charge is -2.16. The Balaban J connectivity index is 0.00000288. The highest BCUT2D eigenvalue weighted by Crippen LogP contribution is 2.25. The van der Waals surface area contributed by atoms with E-state index in [0.29, 0.717) is 41.4 Å². The summed E-state index contributed by atoms with van der Waals surface area (Å²) in [5.74, 6) is 0.432. The lowest BCUT2D eigenvalue weighted by atomic mass is 10.1. The van der Waals surface area contributed by atoms with Crippen molar-refractivity contribution in [2.24, 2.45) is 10.7 Å². The van der Waals surface area contributed by atoms with Gasteiger partial charge in [-0.05, 0) is 43.9 Å². The summed E-state index contributed by atoms with van der Waals surface area (Å²) in [6, 6.07) is 5.66. The number of nitrogens with zero attached hydrogens (tertiary/aromatic N) is 1. The lowest BCUT2D eigenvalue weighted by Crippen LogP contribution is -2.34. The molecule has 1 aromatic carbocycles. The Morgan fingerprint density at radius 2 is 2.12 bits per heavy atom. The quantitative estimate of drug-likeness (QED) is 0.239. The normalized spacial score (nSPS) is 15.4. The number of carbonyl (C=O) groups excluding carboxylic acids is 1. The molecule has 1 fully saturated rings. The molecule has 1 aliphatic carbocycles. The van der Waals surface area contributed by atoms with Gasteiger partial charge >= 0.3 is 0 Å². The Hall–Kier alpha value is -0.730. The third kappa shape index (κ3) is 7.44. The van der Waals surface area contributed by atoms with E-state index in [4.69, 9.17) is 28.9 Å². The Bertz CT molecular complexity index is 593. The second-order valence-electron chi connectivity index (χ2n) is 5.74. The minimum Gasteiger partial charge on any atom is -0.370 e. The molecule has 1 aromatic rings. The van der Waals surface area contributed by atoms with Crippen molar-refractivity contribution in [1.82, 2.24) is 10.6 Å². The molecule has 0 saturated heterocycles. The van der Waals surface area contributed by atoms with E-state index in [1.165, 1.54) is 0 Å². The van der Waals surface area contributed by atoms with Gasteiger partial charge in [-0.2, -0.15) is 0 Å². The van der Waals surface area contributed by atoms with Gasteiger partial charge in [0.1, 0.15) is 0 Å². The van der Waals surface area contributed by atoms with Gasteiger partial charge in [0.25, 0.3) is 0 Å². The second-order valence-corrected chi connectivity index (χ2v) is 6.59. The van der Waals surface area contributed by atoms with E-state index in [1.54, 1.807) is 12.1 Å². The first-order valence-electron chi connectivity index (χ1n) is 7.76. The minimum atomic E-state index is -0.0818. The molecule has 0 aromatic heterocycles. The van der Waals surface area contributed by atoms with Crippen LogP contribution >= 0.6 is 47.2 Å². The summed E-state index contributed by atoms with van der Waals surface area (Å²) >= 11 is 12.1. The van der Waals surface area contributed by atoms with E-state index in [0.717, 1.165) is 18.4 Å². The molecule has 0 aliphatic heterocycles. The van der Waals surface area contributed by atoms with E-state index in [-0.39, 0.29) is 35.9 Å². The van der Waals surface area contributed by atoms with Gasteiger partial charge < -0.3 is 16.4 Å². The topological polar surface area (TPSA) is 79.5 Å². The van der Waals surface area contributed by atoms with Gasteiger partial charge in [-0.15, -0.1) is 24.0 Å². The summed E-state index contributed by atoms with van der Waals surface area (Å²) in [6.45, 7) is 2.46. The van der Waals surface area contributed by atoms with Gasteiger partial charge in [0, 0.05) is 29.1 Å². The Morgan fingerprint density at radius 1 is 1.42 bits per heavy atom. The summed E-state index contributed by atoms with van der Waals surface area (Å²) in [5.41, 5.74) is 6.77. The Kier molecular flexibility index (Phi) is 9.15. The van der Waals surface area contributed by atoms with E-state index in [1.807, 2.05) is 13.0 Å². The smallest absolute Gasteiger partial charge is 0.220 e. The predicted octanol–water partition coefficient (Wildman–Crippen LogP) is 3.64. The monoisotopic (exact) mass is 484 g/mol. The number of aliphatic imine (C=N–C) groups is 1. The van der Waals surface area contributed by atoms with Crippen LogP contribution < -0.4 is 16.4 Å². The molecule has 8 heteroatoms. The van der Waals surface area contributed by atoms with Crippen LogP contribution in [0, 0.1) is 0 Å². The van der Waals surface area contributed by atoms with E-state index < -0.39 is 0 Å². The first-order chi connectivity index (χ1) is 11.0. The molecular weight excluding hydrogens is 462 g/mol. The maximum absolute atomic E-state index is 11.5. The first-order valence-corrected chi connectivity index (χ1v) is 8.52. The molecule has 5 nitrogen and oxygen atoms in total. The average molecular weight is 485 g/mol. The number of benzene rings is 1. The molecule has 4 N–H and O–H groups in total. The van der Waals surface area contributed by atoms with Crippen molar-refractivity contribution in [3.8, 4) is 0 Å². The zero-order valence-electron chi connectivity index (χ0n) is 13.5. The van der Waals surface area contributed by atoms with Gasteiger partial charge in [-0.25, -0.2) is 0 Å². The standard InChI is InChI=1S/C16H22Cl2N4O.HI/c1-10(13-7-4-11(17)9-14(13)18)21-16(19)20-8-2-3-15(23)22-12-5-6-12;/h4,7,9-10,12H,2-3,5-6,8H2,1H3,(H,22,23)(H3,19,20,21);1H. The molecule has 0 radical (unpaired) electrons. The van der Waals surface area contributed by atoms with Crippen molar-refractivity contribution >= 4 is 59.0 Å². The van der Waals surface area contributed by atoms with Gasteiger partial charge in [0.15, 0.2) is 5.96 Å². The number of carbonyl (C=O) groups is 1. The number of hydrogen-bond acceptors (Lipinski definition) is 2. The van der Waals surface area contributed by atoms with Crippen molar-refractivity contribution in [1.29, 1.82) is 0 Å². The van der Waals surface area contributed by atoms with Crippen molar-refractivity contribution in [3.63, 3.8) is 0 Å². The van der Waals surface area contributed by atoms with Crippen LogP contribution in [0.15, 0.2) is 23.2 Å². The lowest BCUT2D eigenvalue weighted by molar-refractivity contribution is -0.121. The zero-order valence-corrected chi connectivity index (χ0v) is 17.4. The van der Waals surface area contributed by atoms with Crippen LogP contribution in [-0.4, -0.2) is 24.5 Å². The summed E-state index contributed by atoms with van der Waals surface area (Å²) in [5, 5.41) is 7.21. The highest BCUT2D eigenvalue weighted by atomic mass is 127. The van der Waals surface area contributed by atoms with Gasteiger partial charge in [0.2, 0.25) is 5.91 Å². The van der Waals surface area contributed by atoms with Crippen LogP contribution in [0.3, 0.4) is 0 Å². The van der Waals surface area contributed by atoms with Crippen molar-refractivity contribution in [2.45, 2.75) is 44.7 Å². The highest BCUT2D eigenvalue weighted by molar-refractivity contribution is 14.0. The van der Waals surface area contributed by atoms with Crippen LogP contribution in [0.25, 0.3) is 0 Å². The number of nitrogens with one attached hydrogen (secondary N) is 2. The summed E-state index contributed by atoms with van der Waals surface area (Å²) < 4.78 is 0. The molecule has 1 amide bonds. The zero-order chi connectivity index (χ0) is 16.8. The number of hydrogen-bond donors (Lipinski definition) is 3. The van der Waals surface area contributed by atoms with Gasteiger partial charge in [-0.1, -0.05) is 29.3 Å². The molecule has 134 valence electrons. The van der Waals surface area contributed by atoms with Crippen LogP contribution in [0.2, 0.25) is 10.0 Å². The van der Waals surface area contributed by atoms with Gasteiger partial charge in [0.05, 0.1) is 6.04 Å². The Labute approximate surface area is 169 Å². The fourth-order valence-electron chi connectivity index (χ4n) is 2.16. The van der Waals surface area contributed by atoms with Crippen molar-refractivity contribution in [3.05, 3.63) is 33.8 Å². The molecule has 0 spiro atoms. The molecule has 1 aliphatic rings. The highest BCUT2D eigenvalue weighted by Gasteiger charge is 2.22. The van der Waals surface area contributed by atoms with Crippen molar-refractivity contribution in [2.75, 3.05) is 6.54 Å². The Morgan fingerprint density at radius 3 is 2.75 bits per heavy atom. The third-order valence-electron chi connectivity index (χ3n) is 3.58. The molecule has 0 heterocycles. The van der Waals surface area contributed by atoms with Crippen LogP contribution in [0.1, 0.15) is 44.2 Å². The molecule has 24 heavy (non-hydrogen) atoms. The van der Waals surface area contributed by atoms with E-state index in [9.17, 15) is 4.79 Å². The third-order valence-corrected chi connectivity index (χ3v) is 4.14. The molecular formula is C16H23Cl2IN4O.